The predicted octanol–water partition coefficient (Wildman–Crippen LogP) is 2.36. The van der Waals surface area contributed by atoms with Crippen molar-refractivity contribution in [2.24, 2.45) is 0 Å². The first kappa shape index (κ1) is 16.1. The van der Waals surface area contributed by atoms with E-state index in [2.05, 4.69) is 9.88 Å². The molecule has 0 amide bonds. The van der Waals surface area contributed by atoms with Crippen LogP contribution in [0, 0.1) is 5.82 Å². The lowest BCUT2D eigenvalue weighted by Gasteiger charge is -2.30. The number of fused-ring (bicyclic) bond motifs is 4. The summed E-state index contributed by atoms with van der Waals surface area (Å²) in [6.07, 6.45) is 3.69. The standard InChI is InChI=1S/C21H19FN4O2/c22-14-10-13-16(11-17(14)24-8-5-23-6-9-24)26(12-3-4-12)19-15-2-1-7-25(15)21(28)18(19)20(13)27/h1-2,7,10-12,23H,3-6,8-9H2. The molecule has 1 saturated heterocycles. The normalized spacial score (nSPS) is 18.6. The summed E-state index contributed by atoms with van der Waals surface area (Å²) in [6, 6.07) is 7.07. The molecule has 6 nitrogen and oxygen atoms in total. The number of benzene rings is 1. The van der Waals surface area contributed by atoms with E-state index in [0.29, 0.717) is 16.8 Å². The van der Waals surface area contributed by atoms with Crippen molar-refractivity contribution in [2.45, 2.75) is 18.9 Å². The molecule has 1 N–H and O–H groups in total. The van der Waals surface area contributed by atoms with Gasteiger partial charge in [-0.2, -0.15) is 0 Å². The average molecular weight is 378 g/mol. The molecule has 0 atom stereocenters. The third-order valence-electron chi connectivity index (χ3n) is 6.07. The Balaban J connectivity index is 1.69. The number of rotatable bonds is 2. The van der Waals surface area contributed by atoms with E-state index in [1.807, 2.05) is 23.1 Å². The number of piperazine rings is 1. The van der Waals surface area contributed by atoms with Crippen molar-refractivity contribution in [1.29, 1.82) is 0 Å². The molecule has 1 aromatic carbocycles. The minimum absolute atomic E-state index is 0.171. The van der Waals surface area contributed by atoms with Gasteiger partial charge in [0.25, 0.3) is 5.91 Å². The van der Waals surface area contributed by atoms with Gasteiger partial charge in [0.15, 0.2) is 0 Å². The van der Waals surface area contributed by atoms with Gasteiger partial charge in [0.2, 0.25) is 5.43 Å². The number of nitrogens with zero attached hydrogens (tertiary/aromatic N) is 3. The van der Waals surface area contributed by atoms with Gasteiger partial charge in [-0.1, -0.05) is 0 Å². The van der Waals surface area contributed by atoms with Crippen LogP contribution in [0.4, 0.5) is 10.1 Å². The SMILES string of the molecule is O=C1c2c(n(C3CC3)c3cc(N4CCNCC4)c(F)cc3c2=O)-c2cccn21. The van der Waals surface area contributed by atoms with E-state index in [1.54, 1.807) is 6.20 Å². The van der Waals surface area contributed by atoms with Gasteiger partial charge < -0.3 is 14.8 Å². The Morgan fingerprint density at radius 2 is 1.89 bits per heavy atom. The zero-order valence-corrected chi connectivity index (χ0v) is 15.2. The maximum absolute atomic E-state index is 15.0. The number of aromatic nitrogens is 2. The molecule has 28 heavy (non-hydrogen) atoms. The van der Waals surface area contributed by atoms with Crippen molar-refractivity contribution < 1.29 is 9.18 Å². The first-order valence-corrected chi connectivity index (χ1v) is 9.75. The second-order valence-electron chi connectivity index (χ2n) is 7.78. The van der Waals surface area contributed by atoms with Crippen molar-refractivity contribution in [3.63, 3.8) is 0 Å². The number of hydrogen-bond donors (Lipinski definition) is 1. The lowest BCUT2D eigenvalue weighted by Crippen LogP contribution is -2.43. The molecule has 2 aromatic heterocycles. The highest BCUT2D eigenvalue weighted by Gasteiger charge is 2.37. The highest BCUT2D eigenvalue weighted by Crippen LogP contribution is 2.44. The molecule has 4 heterocycles. The van der Waals surface area contributed by atoms with Crippen LogP contribution in [0.5, 0.6) is 0 Å². The van der Waals surface area contributed by atoms with Crippen LogP contribution in [0.2, 0.25) is 0 Å². The summed E-state index contributed by atoms with van der Waals surface area (Å²) >= 11 is 0. The largest absolute Gasteiger partial charge is 0.367 e. The van der Waals surface area contributed by atoms with Crippen LogP contribution in [0.1, 0.15) is 29.2 Å². The Bertz CT molecular complexity index is 1220. The van der Waals surface area contributed by atoms with Crippen LogP contribution < -0.4 is 15.6 Å². The molecule has 3 aliphatic rings. The molecule has 0 unspecified atom stereocenters. The van der Waals surface area contributed by atoms with Gasteiger partial charge in [0.1, 0.15) is 11.4 Å². The van der Waals surface area contributed by atoms with Gasteiger partial charge in [0, 0.05) is 43.8 Å². The number of hydrogen-bond acceptors (Lipinski definition) is 4. The molecule has 0 radical (unpaired) electrons. The van der Waals surface area contributed by atoms with Gasteiger partial charge >= 0.3 is 0 Å². The summed E-state index contributed by atoms with van der Waals surface area (Å²) in [5.41, 5.74) is 2.49. The lowest BCUT2D eigenvalue weighted by atomic mass is 10.0. The Labute approximate surface area is 160 Å². The van der Waals surface area contributed by atoms with Crippen molar-refractivity contribution in [3.8, 4) is 11.4 Å². The number of carbonyl (C=O) groups is 1. The molecule has 1 aliphatic carbocycles. The molecule has 1 saturated carbocycles. The lowest BCUT2D eigenvalue weighted by molar-refractivity contribution is 0.0968. The number of halogens is 1. The minimum Gasteiger partial charge on any atom is -0.367 e. The van der Waals surface area contributed by atoms with Gasteiger partial charge in [-0.15, -0.1) is 0 Å². The second-order valence-corrected chi connectivity index (χ2v) is 7.78. The van der Waals surface area contributed by atoms with Crippen LogP contribution in [0.15, 0.2) is 35.3 Å². The molecular formula is C21H19FN4O2. The molecule has 3 aromatic rings. The average Bonchev–Trinajstić information content (AvgIpc) is 3.35. The highest BCUT2D eigenvalue weighted by atomic mass is 19.1. The van der Waals surface area contributed by atoms with E-state index in [0.717, 1.165) is 50.2 Å². The third-order valence-corrected chi connectivity index (χ3v) is 6.07. The van der Waals surface area contributed by atoms with E-state index in [4.69, 9.17) is 0 Å². The van der Waals surface area contributed by atoms with Crippen molar-refractivity contribution in [2.75, 3.05) is 31.1 Å². The third kappa shape index (κ3) is 2.05. The molecule has 6 rings (SSSR count). The number of anilines is 1. The molecule has 2 aliphatic heterocycles. The van der Waals surface area contributed by atoms with E-state index in [1.165, 1.54) is 10.6 Å². The summed E-state index contributed by atoms with van der Waals surface area (Å²) in [5.74, 6) is -0.721. The fourth-order valence-electron chi connectivity index (χ4n) is 4.60. The Kier molecular flexibility index (Phi) is 3.18. The minimum atomic E-state index is -0.404. The van der Waals surface area contributed by atoms with Gasteiger partial charge in [-0.3, -0.25) is 14.2 Å². The summed E-state index contributed by atoms with van der Waals surface area (Å²) in [7, 11) is 0. The molecule has 142 valence electrons. The van der Waals surface area contributed by atoms with Crippen LogP contribution in [0.3, 0.4) is 0 Å². The molecule has 0 spiro atoms. The topological polar surface area (TPSA) is 59.3 Å². The summed E-state index contributed by atoms with van der Waals surface area (Å²) in [4.78, 5) is 28.1. The number of nitrogens with one attached hydrogen (secondary N) is 1. The molecule has 7 heteroatoms. The molecular weight excluding hydrogens is 359 g/mol. The Morgan fingerprint density at radius 3 is 2.64 bits per heavy atom. The summed E-state index contributed by atoms with van der Waals surface area (Å²) in [5, 5.41) is 3.57. The first-order valence-electron chi connectivity index (χ1n) is 9.75. The van der Waals surface area contributed by atoms with Crippen LogP contribution >= 0.6 is 0 Å². The van der Waals surface area contributed by atoms with E-state index < -0.39 is 5.82 Å². The van der Waals surface area contributed by atoms with E-state index >= 15 is 0 Å². The molecule has 2 fully saturated rings. The van der Waals surface area contributed by atoms with E-state index in [9.17, 15) is 14.0 Å². The zero-order chi connectivity index (χ0) is 19.0. The van der Waals surface area contributed by atoms with Crippen LogP contribution in [-0.4, -0.2) is 41.2 Å². The van der Waals surface area contributed by atoms with Gasteiger partial charge in [-0.25, -0.2) is 4.39 Å². The maximum atomic E-state index is 15.0. The Morgan fingerprint density at radius 1 is 1.11 bits per heavy atom. The van der Waals surface area contributed by atoms with Crippen molar-refractivity contribution in [1.82, 2.24) is 14.5 Å². The fraction of sp³-hybridized carbons (Fsp3) is 0.333. The highest BCUT2D eigenvalue weighted by molar-refractivity contribution is 6.10. The van der Waals surface area contributed by atoms with Gasteiger partial charge in [-0.05, 0) is 37.1 Å². The van der Waals surface area contributed by atoms with Crippen LogP contribution in [0.25, 0.3) is 22.3 Å². The second kappa shape index (κ2) is 5.54. The van der Waals surface area contributed by atoms with Crippen LogP contribution in [-0.2, 0) is 0 Å². The maximum Gasteiger partial charge on any atom is 0.268 e. The summed E-state index contributed by atoms with van der Waals surface area (Å²) in [6.45, 7) is 3.06. The van der Waals surface area contributed by atoms with Gasteiger partial charge in [0.05, 0.1) is 22.6 Å². The quantitative estimate of drug-likeness (QED) is 0.582. The number of carbonyl (C=O) groups excluding carboxylic acids is 1. The summed E-state index contributed by atoms with van der Waals surface area (Å²) < 4.78 is 18.6. The fourth-order valence-corrected chi connectivity index (χ4v) is 4.60. The Hall–Kier alpha value is -2.93. The van der Waals surface area contributed by atoms with E-state index in [-0.39, 0.29) is 22.9 Å². The zero-order valence-electron chi connectivity index (χ0n) is 15.2. The predicted molar refractivity (Wildman–Crippen MR) is 105 cm³/mol. The monoisotopic (exact) mass is 378 g/mol. The first-order chi connectivity index (χ1) is 13.6. The smallest absolute Gasteiger partial charge is 0.268 e. The van der Waals surface area contributed by atoms with Crippen molar-refractivity contribution in [3.05, 3.63) is 52.1 Å². The van der Waals surface area contributed by atoms with Crippen molar-refractivity contribution >= 4 is 22.5 Å². The molecule has 0 bridgehead atoms. The number of pyridine rings is 1.